The van der Waals surface area contributed by atoms with E-state index in [-0.39, 0.29) is 22.2 Å². The van der Waals surface area contributed by atoms with Crippen LogP contribution in [0.15, 0.2) is 46.8 Å². The van der Waals surface area contributed by atoms with Gasteiger partial charge in [-0.2, -0.15) is 0 Å². The van der Waals surface area contributed by atoms with Crippen molar-refractivity contribution in [1.29, 1.82) is 0 Å². The number of hydrogen-bond acceptors (Lipinski definition) is 2. The van der Waals surface area contributed by atoms with E-state index in [2.05, 4.69) is 74.1 Å². The normalized spacial score (nSPS) is 49.6. The fourth-order valence-electron chi connectivity index (χ4n) is 13.0. The maximum Gasteiger partial charge on any atom is 0.312 e. The molecule has 9 atom stereocenters. The molecule has 2 nitrogen and oxygen atoms in total. The molecule has 42 heavy (non-hydrogen) atoms. The Morgan fingerprint density at radius 1 is 0.905 bits per heavy atom. The first-order valence-electron chi connectivity index (χ1n) is 17.6. The van der Waals surface area contributed by atoms with E-state index < -0.39 is 0 Å². The third-order valence-electron chi connectivity index (χ3n) is 15.8. The lowest BCUT2D eigenvalue weighted by molar-refractivity contribution is -0.141. The van der Waals surface area contributed by atoms with Crippen molar-refractivity contribution in [2.75, 3.05) is 0 Å². The molecule has 0 aromatic heterocycles. The molecular formula is C40H58O2. The van der Waals surface area contributed by atoms with Crippen molar-refractivity contribution in [2.24, 2.45) is 56.2 Å². The van der Waals surface area contributed by atoms with Gasteiger partial charge in [0.2, 0.25) is 0 Å². The number of allylic oxidation sites excluding steroid dienone is 6. The van der Waals surface area contributed by atoms with Crippen molar-refractivity contribution in [1.82, 2.24) is 0 Å². The molecule has 0 aromatic carbocycles. The Labute approximate surface area is 256 Å². The van der Waals surface area contributed by atoms with Crippen LogP contribution in [0, 0.1) is 56.2 Å². The van der Waals surface area contributed by atoms with E-state index in [1.165, 1.54) is 75.4 Å². The van der Waals surface area contributed by atoms with Crippen LogP contribution in [-0.4, -0.2) is 5.97 Å². The molecule has 1 heterocycles. The van der Waals surface area contributed by atoms with Crippen LogP contribution in [-0.2, 0) is 9.53 Å². The molecule has 7 aliphatic rings. The summed E-state index contributed by atoms with van der Waals surface area (Å²) in [6.07, 6.45) is 20.4. The Kier molecular flexibility index (Phi) is 6.25. The number of carbonyl (C=O) groups excluding carboxylic acids is 1. The number of hydrogen-bond donors (Lipinski definition) is 0. The van der Waals surface area contributed by atoms with Crippen LogP contribution < -0.4 is 0 Å². The van der Waals surface area contributed by atoms with Gasteiger partial charge in [-0.1, -0.05) is 78.2 Å². The Balaban J connectivity index is 1.37. The zero-order valence-electron chi connectivity index (χ0n) is 28.2. The molecule has 6 aliphatic carbocycles. The van der Waals surface area contributed by atoms with Crippen LogP contribution >= 0.6 is 0 Å². The van der Waals surface area contributed by atoms with E-state index >= 15 is 0 Å². The minimum absolute atomic E-state index is 0.0188. The summed E-state index contributed by atoms with van der Waals surface area (Å²) in [4.78, 5) is 13.6. The Morgan fingerprint density at radius 2 is 1.67 bits per heavy atom. The SMILES string of the molecule is C=CC1(C)CCC2(C)C(CCC3(C)C(C)=C4OC(=O)CC5(C)C=C6CCC7C(C)(C)CCCC7(C)C6CC5=C4CC32)C1. The lowest BCUT2D eigenvalue weighted by Crippen LogP contribution is -2.54. The van der Waals surface area contributed by atoms with E-state index in [0.29, 0.717) is 34.5 Å². The smallest absolute Gasteiger partial charge is 0.312 e. The third-order valence-corrected chi connectivity index (χ3v) is 15.8. The number of fused-ring (bicyclic) bond motifs is 8. The molecule has 0 radical (unpaired) electrons. The molecule has 4 saturated carbocycles. The van der Waals surface area contributed by atoms with Crippen LogP contribution in [0.3, 0.4) is 0 Å². The summed E-state index contributed by atoms with van der Waals surface area (Å²) in [5.41, 5.74) is 7.27. The quantitative estimate of drug-likeness (QED) is 0.231. The van der Waals surface area contributed by atoms with Crippen molar-refractivity contribution in [3.63, 3.8) is 0 Å². The van der Waals surface area contributed by atoms with Crippen LogP contribution in [0.5, 0.6) is 0 Å². The first-order valence-corrected chi connectivity index (χ1v) is 17.6. The van der Waals surface area contributed by atoms with Gasteiger partial charge in [-0.05, 0) is 139 Å². The lowest BCUT2D eigenvalue weighted by atomic mass is 9.42. The molecule has 7 rings (SSSR count). The molecule has 0 aromatic rings. The highest BCUT2D eigenvalue weighted by Gasteiger charge is 2.61. The summed E-state index contributed by atoms with van der Waals surface area (Å²) < 4.78 is 6.48. The molecule has 2 heteroatoms. The summed E-state index contributed by atoms with van der Waals surface area (Å²) in [7, 11) is 0. The first-order chi connectivity index (χ1) is 19.6. The standard InChI is InChI=1S/C40H58O2/c1-10-36(5)18-19-39(8)27(23-36)14-17-38(7)25(2)34-28(20-32(38)39)30-21-29-26(22-37(30,6)24-33(41)42-34)12-13-31-35(3,4)15-11-16-40(29,31)9/h10,22,27,29,31-32H,1,11-21,23-24H2,2-9H3. The van der Waals surface area contributed by atoms with E-state index in [1.807, 2.05) is 0 Å². The van der Waals surface area contributed by atoms with Crippen molar-refractivity contribution < 1.29 is 9.53 Å². The average molecular weight is 571 g/mol. The Hall–Kier alpha value is -1.57. The van der Waals surface area contributed by atoms with E-state index in [0.717, 1.165) is 30.4 Å². The molecule has 4 fully saturated rings. The summed E-state index contributed by atoms with van der Waals surface area (Å²) in [5.74, 6) is 3.70. The van der Waals surface area contributed by atoms with Gasteiger partial charge in [-0.15, -0.1) is 6.58 Å². The van der Waals surface area contributed by atoms with Crippen molar-refractivity contribution in [3.05, 3.63) is 46.8 Å². The van der Waals surface area contributed by atoms with E-state index in [4.69, 9.17) is 4.74 Å². The predicted molar refractivity (Wildman–Crippen MR) is 172 cm³/mol. The van der Waals surface area contributed by atoms with Crippen LogP contribution in [0.1, 0.15) is 139 Å². The molecule has 230 valence electrons. The highest BCUT2D eigenvalue weighted by molar-refractivity contribution is 5.76. The second-order valence-electron chi connectivity index (χ2n) is 18.4. The van der Waals surface area contributed by atoms with Crippen molar-refractivity contribution in [2.45, 2.75) is 139 Å². The van der Waals surface area contributed by atoms with Crippen molar-refractivity contribution in [3.8, 4) is 0 Å². The fraction of sp³-hybridized carbons (Fsp3) is 0.775. The molecule has 0 N–H and O–H groups in total. The fourth-order valence-corrected chi connectivity index (χ4v) is 13.0. The molecule has 9 unspecified atom stereocenters. The number of carbonyl (C=O) groups is 1. The largest absolute Gasteiger partial charge is 0.426 e. The van der Waals surface area contributed by atoms with Crippen LogP contribution in [0.2, 0.25) is 0 Å². The average Bonchev–Trinajstić information content (AvgIpc) is 3.02. The summed E-state index contributed by atoms with van der Waals surface area (Å²) in [6.45, 7) is 24.3. The topological polar surface area (TPSA) is 26.3 Å². The molecule has 1 aliphatic heterocycles. The predicted octanol–water partition coefficient (Wildman–Crippen LogP) is 10.9. The minimum atomic E-state index is -0.218. The number of rotatable bonds is 1. The molecule has 0 spiro atoms. The van der Waals surface area contributed by atoms with Gasteiger partial charge in [-0.3, -0.25) is 4.79 Å². The van der Waals surface area contributed by atoms with Gasteiger partial charge in [0.25, 0.3) is 0 Å². The van der Waals surface area contributed by atoms with Gasteiger partial charge in [-0.25, -0.2) is 0 Å². The Morgan fingerprint density at radius 3 is 2.40 bits per heavy atom. The molecular weight excluding hydrogens is 512 g/mol. The molecule has 0 bridgehead atoms. The lowest BCUT2D eigenvalue weighted by Gasteiger charge is -2.63. The highest BCUT2D eigenvalue weighted by Crippen LogP contribution is 2.70. The van der Waals surface area contributed by atoms with Gasteiger partial charge in [0.1, 0.15) is 5.76 Å². The van der Waals surface area contributed by atoms with Gasteiger partial charge in [0.05, 0.1) is 6.42 Å². The van der Waals surface area contributed by atoms with E-state index in [9.17, 15) is 4.79 Å². The molecule has 0 amide bonds. The Bertz CT molecular complexity index is 1320. The van der Waals surface area contributed by atoms with Crippen LogP contribution in [0.25, 0.3) is 0 Å². The zero-order chi connectivity index (χ0) is 30.1. The molecule has 0 saturated heterocycles. The van der Waals surface area contributed by atoms with Gasteiger partial charge in [0.15, 0.2) is 0 Å². The highest BCUT2D eigenvalue weighted by atomic mass is 16.5. The van der Waals surface area contributed by atoms with E-state index in [1.54, 1.807) is 11.1 Å². The number of esters is 1. The zero-order valence-corrected chi connectivity index (χ0v) is 28.2. The second kappa shape index (κ2) is 9.00. The second-order valence-corrected chi connectivity index (χ2v) is 18.4. The van der Waals surface area contributed by atoms with Gasteiger partial charge < -0.3 is 4.74 Å². The maximum absolute atomic E-state index is 13.6. The van der Waals surface area contributed by atoms with Crippen LogP contribution in [0.4, 0.5) is 0 Å². The van der Waals surface area contributed by atoms with Gasteiger partial charge in [0, 0.05) is 5.41 Å². The monoisotopic (exact) mass is 570 g/mol. The third kappa shape index (κ3) is 3.84. The maximum atomic E-state index is 13.6. The number of ether oxygens (including phenoxy) is 1. The van der Waals surface area contributed by atoms with Gasteiger partial charge >= 0.3 is 5.97 Å². The van der Waals surface area contributed by atoms with Crippen molar-refractivity contribution >= 4 is 5.97 Å². The minimum Gasteiger partial charge on any atom is -0.426 e. The summed E-state index contributed by atoms with van der Waals surface area (Å²) in [5, 5.41) is 0. The summed E-state index contributed by atoms with van der Waals surface area (Å²) in [6, 6.07) is 0. The first kappa shape index (κ1) is 29.2. The summed E-state index contributed by atoms with van der Waals surface area (Å²) >= 11 is 0.